The summed E-state index contributed by atoms with van der Waals surface area (Å²) < 4.78 is 60.9. The molecule has 1 aromatic rings. The Morgan fingerprint density at radius 1 is 1.33 bits per heavy atom. The SMILES string of the molecule is Oc1c(C(F)F)ncc(Cl)c1C(F)(F)F. The van der Waals surface area contributed by atoms with Crippen molar-refractivity contribution >= 4 is 11.6 Å². The highest BCUT2D eigenvalue weighted by molar-refractivity contribution is 6.31. The van der Waals surface area contributed by atoms with Gasteiger partial charge in [0.2, 0.25) is 0 Å². The summed E-state index contributed by atoms with van der Waals surface area (Å²) in [6.45, 7) is 0. The predicted octanol–water partition coefficient (Wildman–Crippen LogP) is 3.40. The van der Waals surface area contributed by atoms with Gasteiger partial charge in [-0.1, -0.05) is 11.6 Å². The van der Waals surface area contributed by atoms with Gasteiger partial charge in [0.15, 0.2) is 5.75 Å². The quantitative estimate of drug-likeness (QED) is 0.772. The monoisotopic (exact) mass is 247 g/mol. The maximum Gasteiger partial charge on any atom is 0.421 e. The fourth-order valence-electron chi connectivity index (χ4n) is 0.922. The Morgan fingerprint density at radius 2 is 1.87 bits per heavy atom. The van der Waals surface area contributed by atoms with Crippen LogP contribution < -0.4 is 0 Å². The first kappa shape index (κ1) is 12.0. The van der Waals surface area contributed by atoms with Crippen LogP contribution in [0.25, 0.3) is 0 Å². The van der Waals surface area contributed by atoms with Crippen molar-refractivity contribution in [2.24, 2.45) is 0 Å². The van der Waals surface area contributed by atoms with Gasteiger partial charge in [0.05, 0.1) is 5.02 Å². The minimum absolute atomic E-state index is 0.422. The fourth-order valence-corrected chi connectivity index (χ4v) is 1.17. The van der Waals surface area contributed by atoms with Crippen molar-refractivity contribution < 1.29 is 27.1 Å². The molecule has 0 amide bonds. The second-order valence-electron chi connectivity index (χ2n) is 2.51. The van der Waals surface area contributed by atoms with E-state index in [-0.39, 0.29) is 0 Å². The lowest BCUT2D eigenvalue weighted by molar-refractivity contribution is -0.138. The van der Waals surface area contributed by atoms with Gasteiger partial charge in [-0.15, -0.1) is 0 Å². The third kappa shape index (κ3) is 2.28. The number of hydrogen-bond acceptors (Lipinski definition) is 2. The van der Waals surface area contributed by atoms with Gasteiger partial charge in [-0.2, -0.15) is 13.2 Å². The van der Waals surface area contributed by atoms with E-state index >= 15 is 0 Å². The summed E-state index contributed by atoms with van der Waals surface area (Å²) in [5, 5.41) is 8.00. The molecule has 0 aliphatic carbocycles. The molecule has 0 aromatic carbocycles. The maximum atomic E-state index is 12.2. The molecule has 0 fully saturated rings. The fraction of sp³-hybridized carbons (Fsp3) is 0.286. The molecule has 15 heavy (non-hydrogen) atoms. The van der Waals surface area contributed by atoms with Crippen LogP contribution in [0.1, 0.15) is 17.7 Å². The molecule has 1 rings (SSSR count). The summed E-state index contributed by atoms with van der Waals surface area (Å²) in [5.41, 5.74) is -3.04. The molecule has 0 aliphatic rings. The van der Waals surface area contributed by atoms with Crippen molar-refractivity contribution in [1.29, 1.82) is 0 Å². The number of aromatic nitrogens is 1. The first-order chi connectivity index (χ1) is 6.75. The molecular weight excluding hydrogens is 245 g/mol. The molecular formula is C7H3ClF5NO. The lowest BCUT2D eigenvalue weighted by Gasteiger charge is -2.12. The van der Waals surface area contributed by atoms with Crippen LogP contribution in [0, 0.1) is 0 Å². The number of nitrogens with zero attached hydrogens (tertiary/aromatic N) is 1. The number of aromatic hydroxyl groups is 1. The van der Waals surface area contributed by atoms with Crippen molar-refractivity contribution in [3.05, 3.63) is 22.5 Å². The van der Waals surface area contributed by atoms with Crippen molar-refractivity contribution in [1.82, 2.24) is 4.98 Å². The number of hydrogen-bond donors (Lipinski definition) is 1. The molecule has 84 valence electrons. The van der Waals surface area contributed by atoms with Crippen LogP contribution in [0.4, 0.5) is 22.0 Å². The van der Waals surface area contributed by atoms with Gasteiger partial charge in [-0.3, -0.25) is 0 Å². The molecule has 2 nitrogen and oxygen atoms in total. The van der Waals surface area contributed by atoms with Gasteiger partial charge in [-0.25, -0.2) is 13.8 Å². The Kier molecular flexibility index (Phi) is 3.03. The summed E-state index contributed by atoms with van der Waals surface area (Å²) in [5.74, 6) is -1.63. The highest BCUT2D eigenvalue weighted by atomic mass is 35.5. The highest BCUT2D eigenvalue weighted by Gasteiger charge is 2.39. The topological polar surface area (TPSA) is 33.1 Å². The van der Waals surface area contributed by atoms with E-state index in [9.17, 15) is 22.0 Å². The first-order valence-electron chi connectivity index (χ1n) is 3.48. The molecule has 0 unspecified atom stereocenters. The van der Waals surface area contributed by atoms with Crippen LogP contribution in [-0.2, 0) is 6.18 Å². The Balaban J connectivity index is 3.44. The van der Waals surface area contributed by atoms with Crippen LogP contribution in [0.5, 0.6) is 5.75 Å². The molecule has 0 bridgehead atoms. The minimum Gasteiger partial charge on any atom is -0.505 e. The number of rotatable bonds is 1. The second kappa shape index (κ2) is 3.80. The summed E-state index contributed by atoms with van der Waals surface area (Å²) in [6.07, 6.45) is -7.89. The van der Waals surface area contributed by atoms with Gasteiger partial charge < -0.3 is 5.11 Å². The average Bonchev–Trinajstić information content (AvgIpc) is 2.00. The number of alkyl halides is 5. The van der Waals surface area contributed by atoms with Gasteiger partial charge >= 0.3 is 6.18 Å². The van der Waals surface area contributed by atoms with Crippen molar-refractivity contribution in [3.63, 3.8) is 0 Å². The summed E-state index contributed by atoms with van der Waals surface area (Å²) in [4.78, 5) is 2.92. The molecule has 0 saturated carbocycles. The predicted molar refractivity (Wildman–Crippen MR) is 40.9 cm³/mol. The zero-order valence-electron chi connectivity index (χ0n) is 6.82. The van der Waals surface area contributed by atoms with Gasteiger partial charge in [0.25, 0.3) is 6.43 Å². The Morgan fingerprint density at radius 3 is 2.27 bits per heavy atom. The van der Waals surface area contributed by atoms with E-state index in [0.717, 1.165) is 0 Å². The van der Waals surface area contributed by atoms with Crippen LogP contribution in [-0.4, -0.2) is 10.1 Å². The zero-order valence-corrected chi connectivity index (χ0v) is 7.57. The van der Waals surface area contributed by atoms with Gasteiger partial charge in [-0.05, 0) is 0 Å². The number of halogens is 6. The maximum absolute atomic E-state index is 12.2. The first-order valence-corrected chi connectivity index (χ1v) is 3.85. The minimum atomic E-state index is -5.01. The van der Waals surface area contributed by atoms with Crippen LogP contribution in [0.3, 0.4) is 0 Å². The van der Waals surface area contributed by atoms with Gasteiger partial charge in [0, 0.05) is 6.20 Å². The van der Waals surface area contributed by atoms with E-state index in [1.165, 1.54) is 0 Å². The van der Waals surface area contributed by atoms with Crippen LogP contribution >= 0.6 is 11.6 Å². The molecule has 0 aliphatic heterocycles. The van der Waals surface area contributed by atoms with Crippen LogP contribution in [0.15, 0.2) is 6.20 Å². The molecule has 0 atom stereocenters. The molecule has 1 heterocycles. The smallest absolute Gasteiger partial charge is 0.421 e. The molecule has 0 spiro atoms. The normalized spacial score (nSPS) is 12.2. The van der Waals surface area contributed by atoms with E-state index in [4.69, 9.17) is 16.7 Å². The van der Waals surface area contributed by atoms with Crippen molar-refractivity contribution in [2.45, 2.75) is 12.6 Å². The van der Waals surface area contributed by atoms with Crippen molar-refractivity contribution in [3.8, 4) is 5.75 Å². The standard InChI is InChI=1S/C7H3ClF5NO/c8-2-1-14-4(6(9)10)5(15)3(2)7(11,12)13/h1,6,15H. The Labute approximate surface area is 85.3 Å². The summed E-state index contributed by atoms with van der Waals surface area (Å²) >= 11 is 5.10. The molecule has 0 radical (unpaired) electrons. The Hall–Kier alpha value is -1.11. The van der Waals surface area contributed by atoms with E-state index in [1.807, 2.05) is 0 Å². The van der Waals surface area contributed by atoms with Gasteiger partial charge in [0.1, 0.15) is 11.3 Å². The van der Waals surface area contributed by atoms with E-state index in [0.29, 0.717) is 6.20 Å². The second-order valence-corrected chi connectivity index (χ2v) is 2.92. The highest BCUT2D eigenvalue weighted by Crippen LogP contribution is 2.43. The lowest BCUT2D eigenvalue weighted by Crippen LogP contribution is -2.09. The molecule has 1 N–H and O–H groups in total. The molecule has 8 heteroatoms. The lowest BCUT2D eigenvalue weighted by atomic mass is 10.2. The van der Waals surface area contributed by atoms with E-state index < -0.39 is 34.6 Å². The third-order valence-corrected chi connectivity index (χ3v) is 1.81. The Bertz CT molecular complexity index is 378. The molecule has 0 saturated heterocycles. The number of pyridine rings is 1. The largest absolute Gasteiger partial charge is 0.505 e. The summed E-state index contributed by atoms with van der Waals surface area (Å²) in [7, 11) is 0. The van der Waals surface area contributed by atoms with Crippen LogP contribution in [0.2, 0.25) is 5.02 Å². The zero-order chi connectivity index (χ0) is 11.8. The van der Waals surface area contributed by atoms with Crippen molar-refractivity contribution in [2.75, 3.05) is 0 Å². The average molecular weight is 248 g/mol. The third-order valence-electron chi connectivity index (χ3n) is 1.53. The molecule has 1 aromatic heterocycles. The summed E-state index contributed by atoms with van der Waals surface area (Å²) in [6, 6.07) is 0. The van der Waals surface area contributed by atoms with E-state index in [2.05, 4.69) is 4.98 Å². The van der Waals surface area contributed by atoms with E-state index in [1.54, 1.807) is 0 Å².